The van der Waals surface area contributed by atoms with E-state index in [0.29, 0.717) is 12.6 Å². The van der Waals surface area contributed by atoms with Crippen molar-refractivity contribution in [2.45, 2.75) is 23.9 Å². The number of carbonyl (C=O) groups excluding carboxylic acids is 1. The van der Waals surface area contributed by atoms with Crippen LogP contribution in [0.4, 0.5) is 4.79 Å². The number of urea groups is 1. The Hall–Kier alpha value is -1.46. The van der Waals surface area contributed by atoms with Crippen LogP contribution in [0, 0.1) is 0 Å². The highest BCUT2D eigenvalue weighted by atomic mass is 32.2. The van der Waals surface area contributed by atoms with Gasteiger partial charge in [-0.3, -0.25) is 4.90 Å². The van der Waals surface area contributed by atoms with Gasteiger partial charge in [-0.25, -0.2) is 4.79 Å². The van der Waals surface area contributed by atoms with Crippen LogP contribution in [0.15, 0.2) is 41.3 Å². The molecule has 2 aliphatic rings. The Balaban J connectivity index is 1.45. The predicted molar refractivity (Wildman–Crippen MR) is 91.1 cm³/mol. The molecular weight excluding hydrogens is 294 g/mol. The summed E-state index contributed by atoms with van der Waals surface area (Å²) in [4.78, 5) is 17.9. The van der Waals surface area contributed by atoms with Crippen LogP contribution >= 0.6 is 11.8 Å². The molecule has 0 aliphatic carbocycles. The standard InChI is InChI=1S/C17H23N3OS/c1-22-16-6-4-14(5-7-16)12-18-17(21)20-11-8-15(13-20)19-9-2-3-10-19/h2-7,15H,8-13H2,1H3,(H,18,21)/t15-/m0/s1. The first kappa shape index (κ1) is 15.4. The van der Waals surface area contributed by atoms with Crippen LogP contribution in [0.5, 0.6) is 0 Å². The van der Waals surface area contributed by atoms with E-state index in [1.54, 1.807) is 11.8 Å². The molecule has 2 aliphatic heterocycles. The van der Waals surface area contributed by atoms with Gasteiger partial charge in [-0.15, -0.1) is 11.8 Å². The summed E-state index contributed by atoms with van der Waals surface area (Å²) in [6.07, 6.45) is 7.57. The third kappa shape index (κ3) is 3.65. The summed E-state index contributed by atoms with van der Waals surface area (Å²) in [7, 11) is 0. The smallest absolute Gasteiger partial charge is 0.317 e. The van der Waals surface area contributed by atoms with E-state index in [1.165, 1.54) is 4.90 Å². The van der Waals surface area contributed by atoms with Gasteiger partial charge in [0.25, 0.3) is 0 Å². The van der Waals surface area contributed by atoms with Gasteiger partial charge in [0.15, 0.2) is 0 Å². The lowest BCUT2D eigenvalue weighted by Gasteiger charge is -2.23. The first-order valence-corrected chi connectivity index (χ1v) is 9.03. The number of amides is 2. The molecule has 1 fully saturated rings. The normalized spacial score (nSPS) is 21.5. The summed E-state index contributed by atoms with van der Waals surface area (Å²) in [5, 5.41) is 3.04. The minimum Gasteiger partial charge on any atom is -0.334 e. The quantitative estimate of drug-likeness (QED) is 0.685. The van der Waals surface area contributed by atoms with E-state index >= 15 is 0 Å². The van der Waals surface area contributed by atoms with E-state index in [-0.39, 0.29) is 6.03 Å². The van der Waals surface area contributed by atoms with E-state index in [1.807, 2.05) is 4.90 Å². The monoisotopic (exact) mass is 317 g/mol. The summed E-state index contributed by atoms with van der Waals surface area (Å²) >= 11 is 1.73. The molecule has 0 unspecified atom stereocenters. The number of hydrogen-bond donors (Lipinski definition) is 1. The van der Waals surface area contributed by atoms with Gasteiger partial charge < -0.3 is 10.2 Å². The molecular formula is C17H23N3OS. The van der Waals surface area contributed by atoms with Crippen molar-refractivity contribution in [3.8, 4) is 0 Å². The molecule has 4 nitrogen and oxygen atoms in total. The number of hydrogen-bond acceptors (Lipinski definition) is 3. The minimum absolute atomic E-state index is 0.0589. The van der Waals surface area contributed by atoms with Crippen molar-refractivity contribution in [2.75, 3.05) is 32.4 Å². The van der Waals surface area contributed by atoms with Crippen LogP contribution in [0.1, 0.15) is 12.0 Å². The van der Waals surface area contributed by atoms with Crippen molar-refractivity contribution in [1.82, 2.24) is 15.1 Å². The highest BCUT2D eigenvalue weighted by Gasteiger charge is 2.30. The Morgan fingerprint density at radius 1 is 1.27 bits per heavy atom. The summed E-state index contributed by atoms with van der Waals surface area (Å²) in [6, 6.07) is 8.92. The Bertz CT molecular complexity index is 535. The number of nitrogens with zero attached hydrogens (tertiary/aromatic N) is 2. The van der Waals surface area contributed by atoms with Crippen LogP contribution in [-0.2, 0) is 6.54 Å². The highest BCUT2D eigenvalue weighted by molar-refractivity contribution is 7.98. The van der Waals surface area contributed by atoms with Crippen LogP contribution < -0.4 is 5.32 Å². The molecule has 2 heterocycles. The Labute approximate surface area is 136 Å². The molecule has 0 aromatic heterocycles. The summed E-state index contributed by atoms with van der Waals surface area (Å²) < 4.78 is 0. The molecule has 1 aromatic carbocycles. The SMILES string of the molecule is CSc1ccc(CNC(=O)N2CC[C@H](N3CC=CC3)C2)cc1. The molecule has 22 heavy (non-hydrogen) atoms. The zero-order chi connectivity index (χ0) is 15.4. The predicted octanol–water partition coefficient (Wildman–Crippen LogP) is 2.56. The van der Waals surface area contributed by atoms with Crippen molar-refractivity contribution in [1.29, 1.82) is 0 Å². The minimum atomic E-state index is 0.0589. The van der Waals surface area contributed by atoms with Crippen molar-refractivity contribution < 1.29 is 4.79 Å². The lowest BCUT2D eigenvalue weighted by atomic mass is 10.2. The maximum absolute atomic E-state index is 12.3. The fraction of sp³-hybridized carbons (Fsp3) is 0.471. The number of carbonyl (C=O) groups is 1. The molecule has 0 saturated carbocycles. The second-order valence-electron chi connectivity index (χ2n) is 5.82. The lowest BCUT2D eigenvalue weighted by Crippen LogP contribution is -2.41. The summed E-state index contributed by atoms with van der Waals surface area (Å²) in [5.41, 5.74) is 1.14. The van der Waals surface area contributed by atoms with Gasteiger partial charge in [-0.1, -0.05) is 24.3 Å². The average Bonchev–Trinajstić information content (AvgIpc) is 3.23. The van der Waals surface area contributed by atoms with Crippen molar-refractivity contribution >= 4 is 17.8 Å². The van der Waals surface area contributed by atoms with Crippen molar-refractivity contribution in [2.24, 2.45) is 0 Å². The molecule has 118 valence electrons. The van der Waals surface area contributed by atoms with Gasteiger partial charge in [0.05, 0.1) is 0 Å². The van der Waals surface area contributed by atoms with E-state index in [2.05, 4.69) is 52.9 Å². The topological polar surface area (TPSA) is 35.6 Å². The van der Waals surface area contributed by atoms with Crippen molar-refractivity contribution in [3.05, 3.63) is 42.0 Å². The summed E-state index contributed by atoms with van der Waals surface area (Å²) in [6.45, 7) is 4.36. The average molecular weight is 317 g/mol. The number of nitrogens with one attached hydrogen (secondary N) is 1. The van der Waals surface area contributed by atoms with Gasteiger partial charge >= 0.3 is 6.03 Å². The maximum Gasteiger partial charge on any atom is 0.317 e. The molecule has 3 rings (SSSR count). The van der Waals surface area contributed by atoms with E-state index in [9.17, 15) is 4.79 Å². The fourth-order valence-electron chi connectivity index (χ4n) is 3.05. The van der Waals surface area contributed by atoms with Gasteiger partial charge in [0, 0.05) is 43.7 Å². The molecule has 1 aromatic rings. The number of rotatable bonds is 4. The molecule has 0 radical (unpaired) electrons. The summed E-state index contributed by atoms with van der Waals surface area (Å²) in [5.74, 6) is 0. The Morgan fingerprint density at radius 2 is 2.00 bits per heavy atom. The van der Waals surface area contributed by atoms with Gasteiger partial charge in [-0.05, 0) is 30.4 Å². The first-order chi connectivity index (χ1) is 10.8. The molecule has 1 atom stereocenters. The van der Waals surface area contributed by atoms with E-state index in [4.69, 9.17) is 0 Å². The van der Waals surface area contributed by atoms with Crippen LogP contribution in [0.3, 0.4) is 0 Å². The van der Waals surface area contributed by atoms with E-state index < -0.39 is 0 Å². The van der Waals surface area contributed by atoms with E-state index in [0.717, 1.165) is 38.2 Å². The molecule has 0 bridgehead atoms. The molecule has 2 amide bonds. The number of benzene rings is 1. The Kier molecular flexibility index (Phi) is 5.05. The lowest BCUT2D eigenvalue weighted by molar-refractivity contribution is 0.199. The number of likely N-dealkylation sites (tertiary alicyclic amines) is 1. The van der Waals surface area contributed by atoms with Crippen LogP contribution in [0.25, 0.3) is 0 Å². The fourth-order valence-corrected chi connectivity index (χ4v) is 3.46. The zero-order valence-corrected chi connectivity index (χ0v) is 13.8. The van der Waals surface area contributed by atoms with Gasteiger partial charge in [0.1, 0.15) is 0 Å². The van der Waals surface area contributed by atoms with Gasteiger partial charge in [-0.2, -0.15) is 0 Å². The largest absolute Gasteiger partial charge is 0.334 e. The second kappa shape index (κ2) is 7.20. The second-order valence-corrected chi connectivity index (χ2v) is 6.70. The Morgan fingerprint density at radius 3 is 2.68 bits per heavy atom. The highest BCUT2D eigenvalue weighted by Crippen LogP contribution is 2.18. The maximum atomic E-state index is 12.3. The molecule has 5 heteroatoms. The van der Waals surface area contributed by atoms with Crippen molar-refractivity contribution in [3.63, 3.8) is 0 Å². The molecule has 1 N–H and O–H groups in total. The zero-order valence-electron chi connectivity index (χ0n) is 13.0. The van der Waals surface area contributed by atoms with Crippen LogP contribution in [0.2, 0.25) is 0 Å². The first-order valence-electron chi connectivity index (χ1n) is 7.81. The third-order valence-corrected chi connectivity index (χ3v) is 5.16. The third-order valence-electron chi connectivity index (χ3n) is 4.42. The van der Waals surface area contributed by atoms with Crippen LogP contribution in [-0.4, -0.2) is 54.3 Å². The molecule has 1 saturated heterocycles. The number of thioether (sulfide) groups is 1. The van der Waals surface area contributed by atoms with Gasteiger partial charge in [0.2, 0.25) is 0 Å². The molecule has 0 spiro atoms.